The molecule has 128 valence electrons. The van der Waals surface area contributed by atoms with Gasteiger partial charge in [0.1, 0.15) is 0 Å². The first kappa shape index (κ1) is 16.2. The molecular formula is C16H24N2O5. The third-order valence-electron chi connectivity index (χ3n) is 5.58. The molecule has 7 nitrogen and oxygen atoms in total. The van der Waals surface area contributed by atoms with Gasteiger partial charge in [0.2, 0.25) is 0 Å². The molecule has 0 aromatic heterocycles. The maximum Gasteiger partial charge on any atom is 0.321 e. The maximum absolute atomic E-state index is 12.7. The first-order valence-corrected chi connectivity index (χ1v) is 8.21. The van der Waals surface area contributed by atoms with Crippen molar-refractivity contribution in [3.8, 4) is 0 Å². The molecule has 0 spiro atoms. The van der Waals surface area contributed by atoms with Crippen molar-refractivity contribution >= 4 is 17.9 Å². The van der Waals surface area contributed by atoms with Crippen molar-refractivity contribution in [1.29, 1.82) is 0 Å². The molecule has 0 radical (unpaired) electrons. The molecule has 0 aromatic carbocycles. The number of ether oxygens (including phenoxy) is 1. The molecule has 3 amide bonds. The Hall–Kier alpha value is -1.63. The second-order valence-electron chi connectivity index (χ2n) is 7.58. The summed E-state index contributed by atoms with van der Waals surface area (Å²) in [4.78, 5) is 35.7. The average molecular weight is 324 g/mol. The fourth-order valence-corrected chi connectivity index (χ4v) is 5.07. The number of aliphatic hydroxyl groups is 1. The summed E-state index contributed by atoms with van der Waals surface area (Å²) >= 11 is 0. The van der Waals surface area contributed by atoms with Crippen LogP contribution in [0.3, 0.4) is 0 Å². The van der Waals surface area contributed by atoms with E-state index < -0.39 is 35.0 Å². The summed E-state index contributed by atoms with van der Waals surface area (Å²) in [7, 11) is 1.40. The lowest BCUT2D eigenvalue weighted by atomic mass is 9.48. The Bertz CT molecular complexity index is 533. The molecular weight excluding hydrogens is 300 g/mol. The van der Waals surface area contributed by atoms with Crippen molar-refractivity contribution < 1.29 is 24.2 Å². The van der Waals surface area contributed by atoms with E-state index in [1.54, 1.807) is 0 Å². The maximum atomic E-state index is 12.7. The quantitative estimate of drug-likeness (QED) is 0.663. The smallest absolute Gasteiger partial charge is 0.321 e. The van der Waals surface area contributed by atoms with Gasteiger partial charge in [0.25, 0.3) is 5.91 Å². The van der Waals surface area contributed by atoms with Gasteiger partial charge in [0.15, 0.2) is 6.10 Å². The van der Waals surface area contributed by atoms with E-state index in [0.29, 0.717) is 18.3 Å². The number of rotatable bonds is 3. The Balaban J connectivity index is 1.66. The van der Waals surface area contributed by atoms with Crippen molar-refractivity contribution in [2.45, 2.75) is 57.2 Å². The Morgan fingerprint density at radius 2 is 1.78 bits per heavy atom. The third kappa shape index (κ3) is 2.94. The van der Waals surface area contributed by atoms with Gasteiger partial charge in [-0.2, -0.15) is 0 Å². The predicted molar refractivity (Wildman–Crippen MR) is 80.2 cm³/mol. The van der Waals surface area contributed by atoms with E-state index in [0.717, 1.165) is 32.1 Å². The van der Waals surface area contributed by atoms with Gasteiger partial charge in [-0.3, -0.25) is 14.9 Å². The number of esters is 1. The van der Waals surface area contributed by atoms with Crippen molar-refractivity contribution in [1.82, 2.24) is 10.6 Å². The molecule has 4 aliphatic rings. The second kappa shape index (κ2) is 5.47. The zero-order valence-corrected chi connectivity index (χ0v) is 13.6. The number of carbonyl (C=O) groups excluding carboxylic acids is 3. The first-order chi connectivity index (χ1) is 10.8. The SMILES string of the molecule is CNC(=O)NC(=O)[C@@H](C)OC(=O)C12C[C@@H]3C[C@H](CC(O)(C3)C1)C2. The highest BCUT2D eigenvalue weighted by molar-refractivity contribution is 5.97. The topological polar surface area (TPSA) is 105 Å². The lowest BCUT2D eigenvalue weighted by Crippen LogP contribution is -2.59. The minimum atomic E-state index is -1.04. The minimum absolute atomic E-state index is 0.365. The normalized spacial score (nSPS) is 38.7. The molecule has 3 N–H and O–H groups in total. The summed E-state index contributed by atoms with van der Waals surface area (Å²) in [6.45, 7) is 1.45. The molecule has 4 fully saturated rings. The summed E-state index contributed by atoms with van der Waals surface area (Å²) in [5.74, 6) is -0.335. The van der Waals surface area contributed by atoms with E-state index >= 15 is 0 Å². The van der Waals surface area contributed by atoms with Crippen molar-refractivity contribution in [3.05, 3.63) is 0 Å². The van der Waals surface area contributed by atoms with Crippen LogP contribution in [0.1, 0.15) is 45.4 Å². The van der Waals surface area contributed by atoms with Gasteiger partial charge in [-0.15, -0.1) is 0 Å². The molecule has 3 atom stereocenters. The van der Waals surface area contributed by atoms with Gasteiger partial charge >= 0.3 is 12.0 Å². The number of hydrogen-bond acceptors (Lipinski definition) is 5. The number of urea groups is 1. The molecule has 4 saturated carbocycles. The molecule has 0 heterocycles. The van der Waals surface area contributed by atoms with E-state index in [-0.39, 0.29) is 0 Å². The summed E-state index contributed by atoms with van der Waals surface area (Å²) in [5, 5.41) is 15.0. The number of nitrogens with one attached hydrogen (secondary N) is 2. The van der Waals surface area contributed by atoms with Crippen LogP contribution in [-0.2, 0) is 14.3 Å². The van der Waals surface area contributed by atoms with E-state index in [1.165, 1.54) is 14.0 Å². The summed E-state index contributed by atoms with van der Waals surface area (Å²) < 4.78 is 5.35. The molecule has 4 bridgehead atoms. The predicted octanol–water partition coefficient (Wildman–Crippen LogP) is 0.705. The third-order valence-corrected chi connectivity index (χ3v) is 5.58. The Kier molecular flexibility index (Phi) is 3.86. The standard InChI is InChI=1S/C16H24N2O5/c1-9(12(19)18-14(21)17-2)23-13(20)15-4-10-3-11(5-15)7-16(22,6-10)8-15/h9-11,22H,3-8H2,1-2H3,(H2,17,18,19,21)/t9-,10+,11+,15?,16?/m1/s1. The van der Waals surface area contributed by atoms with Crippen LogP contribution in [0.4, 0.5) is 4.79 Å². The number of amides is 3. The van der Waals surface area contributed by atoms with Crippen LogP contribution < -0.4 is 10.6 Å². The van der Waals surface area contributed by atoms with Gasteiger partial charge in [0, 0.05) is 7.05 Å². The van der Waals surface area contributed by atoms with Gasteiger partial charge in [-0.05, 0) is 57.3 Å². The highest BCUT2D eigenvalue weighted by atomic mass is 16.5. The van der Waals surface area contributed by atoms with Crippen LogP contribution in [-0.4, -0.2) is 41.8 Å². The summed E-state index contributed by atoms with van der Waals surface area (Å²) in [6.07, 6.45) is 3.46. The molecule has 7 heteroatoms. The first-order valence-electron chi connectivity index (χ1n) is 8.21. The Labute approximate surface area is 135 Å². The van der Waals surface area contributed by atoms with Crippen molar-refractivity contribution in [2.24, 2.45) is 17.3 Å². The average Bonchev–Trinajstić information content (AvgIpc) is 2.44. The van der Waals surface area contributed by atoms with Gasteiger partial charge < -0.3 is 15.2 Å². The minimum Gasteiger partial charge on any atom is -0.452 e. The fraction of sp³-hybridized carbons (Fsp3) is 0.812. The Morgan fingerprint density at radius 1 is 1.17 bits per heavy atom. The highest BCUT2D eigenvalue weighted by Gasteiger charge is 2.61. The summed E-state index contributed by atoms with van der Waals surface area (Å²) in [6, 6.07) is -0.637. The van der Waals surface area contributed by atoms with Gasteiger partial charge in [-0.25, -0.2) is 4.79 Å². The number of hydrogen-bond donors (Lipinski definition) is 3. The van der Waals surface area contributed by atoms with E-state index in [9.17, 15) is 19.5 Å². The van der Waals surface area contributed by atoms with Crippen LogP contribution in [0.25, 0.3) is 0 Å². The molecule has 0 unspecified atom stereocenters. The zero-order valence-electron chi connectivity index (χ0n) is 13.6. The van der Waals surface area contributed by atoms with Crippen molar-refractivity contribution in [2.75, 3.05) is 7.05 Å². The molecule has 4 aliphatic carbocycles. The largest absolute Gasteiger partial charge is 0.452 e. The molecule has 23 heavy (non-hydrogen) atoms. The number of carbonyl (C=O) groups is 3. The van der Waals surface area contributed by atoms with E-state index in [1.807, 2.05) is 0 Å². The highest BCUT2D eigenvalue weighted by Crippen LogP contribution is 2.62. The monoisotopic (exact) mass is 324 g/mol. The lowest BCUT2D eigenvalue weighted by Gasteiger charge is -2.58. The fourth-order valence-electron chi connectivity index (χ4n) is 5.07. The van der Waals surface area contributed by atoms with Crippen LogP contribution in [0.2, 0.25) is 0 Å². The molecule has 0 aliphatic heterocycles. The van der Waals surface area contributed by atoms with Crippen LogP contribution >= 0.6 is 0 Å². The van der Waals surface area contributed by atoms with Crippen LogP contribution in [0.15, 0.2) is 0 Å². The van der Waals surface area contributed by atoms with E-state index in [2.05, 4.69) is 10.6 Å². The molecule has 0 aromatic rings. The second-order valence-corrected chi connectivity index (χ2v) is 7.58. The van der Waals surface area contributed by atoms with Crippen LogP contribution in [0, 0.1) is 17.3 Å². The summed E-state index contributed by atoms with van der Waals surface area (Å²) in [5.41, 5.74) is -1.42. The molecule has 4 rings (SSSR count). The molecule has 0 saturated heterocycles. The van der Waals surface area contributed by atoms with Gasteiger partial charge in [-0.1, -0.05) is 0 Å². The van der Waals surface area contributed by atoms with E-state index in [4.69, 9.17) is 4.74 Å². The number of imide groups is 1. The lowest BCUT2D eigenvalue weighted by molar-refractivity contribution is -0.199. The van der Waals surface area contributed by atoms with Crippen LogP contribution in [0.5, 0.6) is 0 Å². The van der Waals surface area contributed by atoms with Crippen molar-refractivity contribution in [3.63, 3.8) is 0 Å². The zero-order chi connectivity index (χ0) is 16.8. The van der Waals surface area contributed by atoms with Gasteiger partial charge in [0.05, 0.1) is 11.0 Å². The Morgan fingerprint density at radius 3 is 2.30 bits per heavy atom.